The van der Waals surface area contributed by atoms with Crippen molar-refractivity contribution in [1.29, 1.82) is 0 Å². The monoisotopic (exact) mass is 211 g/mol. The van der Waals surface area contributed by atoms with Gasteiger partial charge in [-0.3, -0.25) is 0 Å². The second-order valence-electron chi connectivity index (χ2n) is 4.16. The van der Waals surface area contributed by atoms with Crippen molar-refractivity contribution in [1.82, 2.24) is 4.90 Å². The predicted octanol–water partition coefficient (Wildman–Crippen LogP) is 1.17. The van der Waals surface area contributed by atoms with Gasteiger partial charge < -0.3 is 10.0 Å². The highest BCUT2D eigenvalue weighted by molar-refractivity contribution is 7.99. The summed E-state index contributed by atoms with van der Waals surface area (Å²) in [5.41, 5.74) is 1.88. The molecule has 1 N–H and O–H groups in total. The molecule has 0 radical (unpaired) electrons. The average molecular weight is 211 g/mol. The molecular formula is C10H13NO2S. The van der Waals surface area contributed by atoms with E-state index in [1.165, 1.54) is 12.0 Å². The van der Waals surface area contributed by atoms with E-state index in [1.54, 1.807) is 0 Å². The number of carboxylic acids is 1. The highest BCUT2D eigenvalue weighted by Crippen LogP contribution is 2.46. The molecule has 2 unspecified atom stereocenters. The zero-order valence-corrected chi connectivity index (χ0v) is 8.72. The predicted molar refractivity (Wildman–Crippen MR) is 55.2 cm³/mol. The van der Waals surface area contributed by atoms with Crippen LogP contribution < -0.4 is 0 Å². The first-order valence-corrected chi connectivity index (χ1v) is 6.25. The molecule has 0 aromatic carbocycles. The second-order valence-corrected chi connectivity index (χ2v) is 5.31. The maximum absolute atomic E-state index is 11.1. The van der Waals surface area contributed by atoms with Crippen LogP contribution in [0.1, 0.15) is 12.8 Å². The third-order valence-electron chi connectivity index (χ3n) is 3.59. The van der Waals surface area contributed by atoms with E-state index < -0.39 is 5.97 Å². The van der Waals surface area contributed by atoms with Crippen LogP contribution in [0.15, 0.2) is 11.3 Å². The van der Waals surface area contributed by atoms with Crippen molar-refractivity contribution < 1.29 is 9.90 Å². The maximum atomic E-state index is 11.1. The standard InChI is InChI=1S/C10H13NO2S/c12-10(13)9-6-2-4-14-5-7(6)8-1-3-11(8)9/h7-8H,1-5H2,(H,12,13). The van der Waals surface area contributed by atoms with Gasteiger partial charge in [0.1, 0.15) is 5.70 Å². The molecule has 2 fully saturated rings. The van der Waals surface area contributed by atoms with Gasteiger partial charge in [-0.05, 0) is 24.2 Å². The molecule has 0 aromatic heterocycles. The van der Waals surface area contributed by atoms with Crippen LogP contribution in [0.5, 0.6) is 0 Å². The topological polar surface area (TPSA) is 40.5 Å². The third kappa shape index (κ3) is 0.975. The number of hydrogen-bond acceptors (Lipinski definition) is 3. The number of thioether (sulfide) groups is 1. The molecule has 3 heterocycles. The molecule has 2 saturated heterocycles. The SMILES string of the molecule is O=C(O)C1=C2CCSCC2C2CCN12. The highest BCUT2D eigenvalue weighted by Gasteiger charge is 2.48. The molecule has 0 saturated carbocycles. The number of nitrogens with zero attached hydrogens (tertiary/aromatic N) is 1. The molecule has 0 amide bonds. The molecule has 14 heavy (non-hydrogen) atoms. The summed E-state index contributed by atoms with van der Waals surface area (Å²) in [5, 5.41) is 9.17. The molecule has 0 aromatic rings. The van der Waals surface area contributed by atoms with Crippen LogP contribution in [0.2, 0.25) is 0 Å². The minimum atomic E-state index is -0.709. The van der Waals surface area contributed by atoms with E-state index in [0.29, 0.717) is 17.7 Å². The van der Waals surface area contributed by atoms with Crippen molar-refractivity contribution in [3.63, 3.8) is 0 Å². The molecular weight excluding hydrogens is 198 g/mol. The molecule has 3 rings (SSSR count). The van der Waals surface area contributed by atoms with Crippen LogP contribution in [-0.2, 0) is 4.79 Å². The van der Waals surface area contributed by atoms with Crippen LogP contribution >= 0.6 is 11.8 Å². The lowest BCUT2D eigenvalue weighted by molar-refractivity contribution is -0.135. The Morgan fingerprint density at radius 2 is 2.43 bits per heavy atom. The molecule has 76 valence electrons. The molecule has 2 atom stereocenters. The molecule has 0 spiro atoms. The minimum absolute atomic E-state index is 0.531. The number of aliphatic carboxylic acids is 1. The van der Waals surface area contributed by atoms with E-state index in [4.69, 9.17) is 5.11 Å². The summed E-state index contributed by atoms with van der Waals surface area (Å²) in [6.45, 7) is 0.955. The Morgan fingerprint density at radius 3 is 3.07 bits per heavy atom. The van der Waals surface area contributed by atoms with Gasteiger partial charge in [0, 0.05) is 24.3 Å². The van der Waals surface area contributed by atoms with Crippen LogP contribution in [-0.4, -0.2) is 40.1 Å². The van der Waals surface area contributed by atoms with Gasteiger partial charge in [0.2, 0.25) is 0 Å². The Hall–Kier alpha value is -0.640. The average Bonchev–Trinajstić information content (AvgIpc) is 2.34. The maximum Gasteiger partial charge on any atom is 0.352 e. The Balaban J connectivity index is 2.00. The van der Waals surface area contributed by atoms with Gasteiger partial charge in [-0.25, -0.2) is 4.79 Å². The van der Waals surface area contributed by atoms with Crippen molar-refractivity contribution in [3.05, 3.63) is 11.3 Å². The van der Waals surface area contributed by atoms with Crippen molar-refractivity contribution in [2.75, 3.05) is 18.1 Å². The van der Waals surface area contributed by atoms with Gasteiger partial charge in [-0.15, -0.1) is 0 Å². The minimum Gasteiger partial charge on any atom is -0.477 e. The summed E-state index contributed by atoms with van der Waals surface area (Å²) >= 11 is 1.97. The number of fused-ring (bicyclic) bond motifs is 3. The van der Waals surface area contributed by atoms with Crippen LogP contribution in [0.4, 0.5) is 0 Å². The van der Waals surface area contributed by atoms with Crippen molar-refractivity contribution in [2.45, 2.75) is 18.9 Å². The molecule has 3 aliphatic rings. The summed E-state index contributed by atoms with van der Waals surface area (Å²) in [6, 6.07) is 0.531. The van der Waals surface area contributed by atoms with Gasteiger partial charge in [0.15, 0.2) is 0 Å². The molecule has 4 heteroatoms. The first kappa shape index (κ1) is 8.65. The van der Waals surface area contributed by atoms with Gasteiger partial charge in [-0.1, -0.05) is 0 Å². The first-order chi connectivity index (χ1) is 6.79. The molecule has 3 aliphatic heterocycles. The molecule has 3 nitrogen and oxygen atoms in total. The normalized spacial score (nSPS) is 35.0. The van der Waals surface area contributed by atoms with E-state index in [0.717, 1.165) is 24.5 Å². The lowest BCUT2D eigenvalue weighted by Gasteiger charge is -2.41. The summed E-state index contributed by atoms with van der Waals surface area (Å²) in [7, 11) is 0. The van der Waals surface area contributed by atoms with Gasteiger partial charge in [0.05, 0.1) is 0 Å². The smallest absolute Gasteiger partial charge is 0.352 e. The number of rotatable bonds is 1. The zero-order valence-electron chi connectivity index (χ0n) is 7.90. The third-order valence-corrected chi connectivity index (χ3v) is 4.67. The Kier molecular flexibility index (Phi) is 1.81. The highest BCUT2D eigenvalue weighted by atomic mass is 32.2. The summed E-state index contributed by atoms with van der Waals surface area (Å²) in [4.78, 5) is 13.2. The van der Waals surface area contributed by atoms with E-state index in [1.807, 2.05) is 11.8 Å². The Morgan fingerprint density at radius 1 is 1.57 bits per heavy atom. The fourth-order valence-corrected chi connectivity index (χ4v) is 4.07. The van der Waals surface area contributed by atoms with Crippen LogP contribution in [0.3, 0.4) is 0 Å². The number of hydrogen-bond donors (Lipinski definition) is 1. The van der Waals surface area contributed by atoms with Crippen LogP contribution in [0, 0.1) is 5.92 Å². The van der Waals surface area contributed by atoms with Gasteiger partial charge >= 0.3 is 5.97 Å². The van der Waals surface area contributed by atoms with Crippen LogP contribution in [0.25, 0.3) is 0 Å². The number of carboxylic acid groups (broad SMARTS) is 1. The fourth-order valence-electron chi connectivity index (χ4n) is 2.86. The molecule has 0 bridgehead atoms. The first-order valence-electron chi connectivity index (χ1n) is 5.10. The summed E-state index contributed by atoms with van der Waals surface area (Å²) in [5.74, 6) is 2.07. The van der Waals surface area contributed by atoms with E-state index in [9.17, 15) is 4.79 Å². The largest absolute Gasteiger partial charge is 0.477 e. The Labute approximate surface area is 87.2 Å². The number of carbonyl (C=O) groups is 1. The Bertz CT molecular complexity index is 326. The fraction of sp³-hybridized carbons (Fsp3) is 0.700. The van der Waals surface area contributed by atoms with Crippen molar-refractivity contribution in [2.24, 2.45) is 5.92 Å². The quantitative estimate of drug-likeness (QED) is 0.706. The van der Waals surface area contributed by atoms with Crippen molar-refractivity contribution >= 4 is 17.7 Å². The zero-order chi connectivity index (χ0) is 9.71. The second kappa shape index (κ2) is 2.92. The summed E-state index contributed by atoms with van der Waals surface area (Å²) in [6.07, 6.45) is 2.18. The van der Waals surface area contributed by atoms with E-state index in [-0.39, 0.29) is 0 Å². The van der Waals surface area contributed by atoms with Gasteiger partial charge in [-0.2, -0.15) is 11.8 Å². The van der Waals surface area contributed by atoms with E-state index in [2.05, 4.69) is 4.90 Å². The summed E-state index contributed by atoms with van der Waals surface area (Å²) < 4.78 is 0. The molecule has 0 aliphatic carbocycles. The van der Waals surface area contributed by atoms with E-state index >= 15 is 0 Å². The lowest BCUT2D eigenvalue weighted by Crippen LogP contribution is -2.48. The lowest BCUT2D eigenvalue weighted by atomic mass is 9.89. The van der Waals surface area contributed by atoms with Crippen molar-refractivity contribution in [3.8, 4) is 0 Å². The van der Waals surface area contributed by atoms with Gasteiger partial charge in [0.25, 0.3) is 0 Å².